The summed E-state index contributed by atoms with van der Waals surface area (Å²) in [6.07, 6.45) is 1.46. The van der Waals surface area contributed by atoms with E-state index in [9.17, 15) is 13.2 Å². The highest BCUT2D eigenvalue weighted by molar-refractivity contribution is 9.10. The highest BCUT2D eigenvalue weighted by Crippen LogP contribution is 2.28. The van der Waals surface area contributed by atoms with Crippen molar-refractivity contribution in [1.82, 2.24) is 4.31 Å². The number of carbonyl (C=O) groups is 1. The van der Waals surface area contributed by atoms with Gasteiger partial charge in [-0.2, -0.15) is 4.31 Å². The molecular weight excluding hydrogens is 536 g/mol. The molecule has 0 aliphatic heterocycles. The van der Waals surface area contributed by atoms with Crippen LogP contribution < -0.4 is 5.32 Å². The van der Waals surface area contributed by atoms with Gasteiger partial charge >= 0.3 is 0 Å². The minimum absolute atomic E-state index is 0.0229. The van der Waals surface area contributed by atoms with Crippen molar-refractivity contribution in [3.05, 3.63) is 92.4 Å². The summed E-state index contributed by atoms with van der Waals surface area (Å²) < 4.78 is 29.2. The highest BCUT2D eigenvalue weighted by atomic mass is 79.9. The van der Waals surface area contributed by atoms with E-state index in [2.05, 4.69) is 21.2 Å². The van der Waals surface area contributed by atoms with Crippen LogP contribution in [-0.4, -0.2) is 25.2 Å². The number of benzene rings is 3. The van der Waals surface area contributed by atoms with Crippen molar-refractivity contribution in [2.45, 2.75) is 45.1 Å². The minimum atomic E-state index is -3.95. The highest BCUT2D eigenvalue weighted by Gasteiger charge is 2.28. The van der Waals surface area contributed by atoms with Crippen molar-refractivity contribution < 1.29 is 13.2 Å². The van der Waals surface area contributed by atoms with Gasteiger partial charge in [0.25, 0.3) is 0 Å². The van der Waals surface area contributed by atoms with Gasteiger partial charge in [-0.1, -0.05) is 77.3 Å². The fourth-order valence-corrected chi connectivity index (χ4v) is 5.81. The standard InChI is InChI=1S/C26H28BrClN2O3S/c1-4-19-14-22(27)15-20(5-2)26(19)29-25(31)17-30(16-21-8-6-7-9-24(21)28)34(32,33)23-12-10-18(3)11-13-23/h6-15H,4-5,16-17H2,1-3H3,(H,29,31). The van der Waals surface area contributed by atoms with Crippen LogP contribution in [0.4, 0.5) is 5.69 Å². The van der Waals surface area contributed by atoms with Gasteiger partial charge in [0.1, 0.15) is 0 Å². The van der Waals surface area contributed by atoms with Crippen LogP contribution in [-0.2, 0) is 34.2 Å². The molecule has 0 heterocycles. The van der Waals surface area contributed by atoms with Crippen molar-refractivity contribution in [3.63, 3.8) is 0 Å². The number of halogens is 2. The van der Waals surface area contributed by atoms with Crippen LogP contribution in [0, 0.1) is 6.92 Å². The van der Waals surface area contributed by atoms with Crippen LogP contribution in [0.2, 0.25) is 5.02 Å². The van der Waals surface area contributed by atoms with Gasteiger partial charge in [-0.25, -0.2) is 8.42 Å². The first-order valence-corrected chi connectivity index (χ1v) is 13.7. The maximum atomic E-state index is 13.5. The molecule has 1 N–H and O–H groups in total. The van der Waals surface area contributed by atoms with Gasteiger partial charge < -0.3 is 5.32 Å². The molecule has 1 amide bonds. The SMILES string of the molecule is CCc1cc(Br)cc(CC)c1NC(=O)CN(Cc1ccccc1Cl)S(=O)(=O)c1ccc(C)cc1. The Morgan fingerprint density at radius 1 is 0.971 bits per heavy atom. The molecular formula is C26H28BrClN2O3S. The summed E-state index contributed by atoms with van der Waals surface area (Å²) in [6.45, 7) is 5.56. The van der Waals surface area contributed by atoms with Crippen LogP contribution >= 0.6 is 27.5 Å². The molecule has 3 aromatic carbocycles. The van der Waals surface area contributed by atoms with Gasteiger partial charge in [0.2, 0.25) is 15.9 Å². The molecule has 0 saturated heterocycles. The van der Waals surface area contributed by atoms with Crippen LogP contribution in [0.25, 0.3) is 0 Å². The zero-order valence-electron chi connectivity index (χ0n) is 19.4. The normalized spacial score (nSPS) is 11.6. The zero-order valence-corrected chi connectivity index (χ0v) is 22.6. The van der Waals surface area contributed by atoms with E-state index in [4.69, 9.17) is 11.6 Å². The van der Waals surface area contributed by atoms with Crippen molar-refractivity contribution in [2.24, 2.45) is 0 Å². The Morgan fingerprint density at radius 3 is 2.12 bits per heavy atom. The molecule has 0 radical (unpaired) electrons. The van der Waals surface area contributed by atoms with Gasteiger partial charge in [0.05, 0.1) is 11.4 Å². The molecule has 0 spiro atoms. The third kappa shape index (κ3) is 6.27. The van der Waals surface area contributed by atoms with E-state index in [1.807, 2.05) is 32.9 Å². The lowest BCUT2D eigenvalue weighted by Crippen LogP contribution is -2.38. The van der Waals surface area contributed by atoms with Crippen LogP contribution in [0.3, 0.4) is 0 Å². The first kappa shape index (κ1) is 26.4. The lowest BCUT2D eigenvalue weighted by molar-refractivity contribution is -0.116. The van der Waals surface area contributed by atoms with Crippen molar-refractivity contribution in [3.8, 4) is 0 Å². The average molecular weight is 564 g/mol. The van der Waals surface area contributed by atoms with Crippen LogP contribution in [0.5, 0.6) is 0 Å². The maximum absolute atomic E-state index is 13.5. The second-order valence-corrected chi connectivity index (χ2v) is 11.3. The predicted molar refractivity (Wildman–Crippen MR) is 142 cm³/mol. The Hall–Kier alpha value is -2.19. The number of hydrogen-bond acceptors (Lipinski definition) is 3. The van der Waals surface area contributed by atoms with E-state index in [-0.39, 0.29) is 18.0 Å². The number of aryl methyl sites for hydroxylation is 3. The summed E-state index contributed by atoms with van der Waals surface area (Å²) in [4.78, 5) is 13.3. The number of sulfonamides is 1. The zero-order chi connectivity index (χ0) is 24.9. The molecule has 5 nitrogen and oxygen atoms in total. The quantitative estimate of drug-likeness (QED) is 0.329. The number of nitrogens with zero attached hydrogens (tertiary/aromatic N) is 1. The van der Waals surface area contributed by atoms with Crippen molar-refractivity contribution in [1.29, 1.82) is 0 Å². The van der Waals surface area contributed by atoms with Gasteiger partial charge in [-0.3, -0.25) is 4.79 Å². The van der Waals surface area contributed by atoms with E-state index < -0.39 is 15.9 Å². The van der Waals surface area contributed by atoms with E-state index in [0.29, 0.717) is 10.6 Å². The Kier molecular flexibility index (Phi) is 8.93. The molecule has 34 heavy (non-hydrogen) atoms. The molecule has 3 aromatic rings. The summed E-state index contributed by atoms with van der Waals surface area (Å²) in [6, 6.07) is 17.6. The predicted octanol–water partition coefficient (Wildman–Crippen LogP) is 6.37. The number of anilines is 1. The molecule has 0 unspecified atom stereocenters. The molecule has 0 atom stereocenters. The molecule has 0 aliphatic carbocycles. The monoisotopic (exact) mass is 562 g/mol. The largest absolute Gasteiger partial charge is 0.324 e. The summed E-state index contributed by atoms with van der Waals surface area (Å²) in [7, 11) is -3.95. The third-order valence-corrected chi connectivity index (χ3v) is 8.21. The number of amides is 1. The molecule has 180 valence electrons. The summed E-state index contributed by atoms with van der Waals surface area (Å²) >= 11 is 9.84. The third-order valence-electron chi connectivity index (χ3n) is 5.58. The first-order chi connectivity index (χ1) is 16.1. The second-order valence-electron chi connectivity index (χ2n) is 8.03. The number of carbonyl (C=O) groups excluding carboxylic acids is 1. The van der Waals surface area contributed by atoms with Crippen LogP contribution in [0.15, 0.2) is 70.0 Å². The van der Waals surface area contributed by atoms with Crippen molar-refractivity contribution in [2.75, 3.05) is 11.9 Å². The Balaban J connectivity index is 1.95. The molecule has 0 saturated carbocycles. The molecule has 0 bridgehead atoms. The van der Waals surface area contributed by atoms with Crippen molar-refractivity contribution >= 4 is 49.1 Å². The van der Waals surface area contributed by atoms with E-state index in [0.717, 1.165) is 39.7 Å². The minimum Gasteiger partial charge on any atom is -0.324 e. The Morgan fingerprint density at radius 2 is 1.56 bits per heavy atom. The Bertz CT molecular complexity index is 1250. The topological polar surface area (TPSA) is 66.5 Å². The second kappa shape index (κ2) is 11.5. The molecule has 0 fully saturated rings. The van der Waals surface area contributed by atoms with E-state index >= 15 is 0 Å². The summed E-state index contributed by atoms with van der Waals surface area (Å²) in [5.41, 5.74) is 4.28. The number of rotatable bonds is 9. The van der Waals surface area contributed by atoms with Gasteiger partial charge in [-0.15, -0.1) is 0 Å². The van der Waals surface area contributed by atoms with Gasteiger partial charge in [0, 0.05) is 21.7 Å². The van der Waals surface area contributed by atoms with Gasteiger partial charge in [0.15, 0.2) is 0 Å². The lowest BCUT2D eigenvalue weighted by Gasteiger charge is -2.23. The van der Waals surface area contributed by atoms with Crippen LogP contribution in [0.1, 0.15) is 36.1 Å². The lowest BCUT2D eigenvalue weighted by atomic mass is 10.0. The fourth-order valence-electron chi connectivity index (χ4n) is 3.68. The molecule has 3 rings (SSSR count). The maximum Gasteiger partial charge on any atom is 0.243 e. The summed E-state index contributed by atoms with van der Waals surface area (Å²) in [5.74, 6) is -0.408. The Labute approximate surface area is 215 Å². The van der Waals surface area contributed by atoms with E-state index in [1.54, 1.807) is 48.5 Å². The fraction of sp³-hybridized carbons (Fsp3) is 0.269. The number of hydrogen-bond donors (Lipinski definition) is 1. The average Bonchev–Trinajstić information content (AvgIpc) is 2.81. The van der Waals surface area contributed by atoms with Gasteiger partial charge in [-0.05, 0) is 66.8 Å². The molecule has 0 aromatic heterocycles. The number of nitrogens with one attached hydrogen (secondary N) is 1. The molecule has 8 heteroatoms. The smallest absolute Gasteiger partial charge is 0.243 e. The first-order valence-electron chi connectivity index (χ1n) is 11.1. The molecule has 0 aliphatic rings. The van der Waals surface area contributed by atoms with E-state index in [1.165, 1.54) is 4.31 Å². The summed E-state index contributed by atoms with van der Waals surface area (Å²) in [5, 5.41) is 3.42.